The minimum absolute atomic E-state index is 0.0218. The second-order valence-electron chi connectivity index (χ2n) is 4.50. The first-order valence-electron chi connectivity index (χ1n) is 4.80. The monoisotopic (exact) mass is 239 g/mol. The van der Waals surface area contributed by atoms with Crippen LogP contribution in [0.15, 0.2) is 0 Å². The molecule has 0 heterocycles. The van der Waals surface area contributed by atoms with Gasteiger partial charge in [0.25, 0.3) is 0 Å². The fourth-order valence-corrected chi connectivity index (χ4v) is 1.54. The van der Waals surface area contributed by atoms with Gasteiger partial charge < -0.3 is 4.90 Å². The lowest BCUT2D eigenvalue weighted by atomic mass is 9.91. The molecule has 0 unspecified atom stereocenters. The summed E-state index contributed by atoms with van der Waals surface area (Å²) in [6, 6.07) is 0. The smallest absolute Gasteiger partial charge is 0.223 e. The molecule has 0 aliphatic carbocycles. The van der Waals surface area contributed by atoms with Crippen molar-refractivity contribution < 1.29 is 4.79 Å². The third kappa shape index (κ3) is 6.50. The van der Waals surface area contributed by atoms with E-state index in [9.17, 15) is 4.79 Å². The Morgan fingerprint density at radius 2 is 1.57 bits per heavy atom. The van der Waals surface area contributed by atoms with Gasteiger partial charge in [0.15, 0.2) is 0 Å². The van der Waals surface area contributed by atoms with Crippen molar-refractivity contribution in [1.82, 2.24) is 4.90 Å². The molecule has 0 atom stereocenters. The van der Waals surface area contributed by atoms with Gasteiger partial charge in [-0.15, -0.1) is 23.2 Å². The maximum Gasteiger partial charge on any atom is 0.223 e. The Balaban J connectivity index is 4.14. The second-order valence-corrected chi connectivity index (χ2v) is 5.25. The molecule has 84 valence electrons. The normalized spacial score (nSPS) is 11.5. The molecule has 0 fully saturated rings. The average molecular weight is 240 g/mol. The minimum atomic E-state index is 0.0218. The highest BCUT2D eigenvalue weighted by molar-refractivity contribution is 6.18. The molecule has 2 nitrogen and oxygen atoms in total. The summed E-state index contributed by atoms with van der Waals surface area (Å²) in [6.07, 6.45) is 0.542. The van der Waals surface area contributed by atoms with E-state index in [1.54, 1.807) is 4.90 Å². The molecule has 1 amide bonds. The summed E-state index contributed by atoms with van der Waals surface area (Å²) in [5, 5.41) is 0. The van der Waals surface area contributed by atoms with Gasteiger partial charge in [-0.1, -0.05) is 20.8 Å². The lowest BCUT2D eigenvalue weighted by Gasteiger charge is -2.25. The van der Waals surface area contributed by atoms with E-state index in [1.807, 2.05) is 20.8 Å². The molecule has 0 aliphatic rings. The van der Waals surface area contributed by atoms with E-state index < -0.39 is 0 Å². The van der Waals surface area contributed by atoms with Crippen molar-refractivity contribution in [2.45, 2.75) is 27.2 Å². The first-order valence-corrected chi connectivity index (χ1v) is 5.87. The highest BCUT2D eigenvalue weighted by Gasteiger charge is 2.20. The molecule has 0 spiro atoms. The number of rotatable bonds is 5. The van der Waals surface area contributed by atoms with Gasteiger partial charge in [0.1, 0.15) is 0 Å². The van der Waals surface area contributed by atoms with Gasteiger partial charge in [-0.3, -0.25) is 4.79 Å². The Bertz CT molecular complexity index is 171. The zero-order chi connectivity index (χ0) is 11.2. The molecule has 0 N–H and O–H groups in total. The molecule has 0 rings (SSSR count). The van der Waals surface area contributed by atoms with Gasteiger partial charge in [-0.2, -0.15) is 0 Å². The molecule has 0 aliphatic heterocycles. The predicted molar refractivity (Wildman–Crippen MR) is 62.1 cm³/mol. The zero-order valence-corrected chi connectivity index (χ0v) is 10.7. The van der Waals surface area contributed by atoms with E-state index in [1.165, 1.54) is 0 Å². The highest BCUT2D eigenvalue weighted by Crippen LogP contribution is 2.19. The second kappa shape index (κ2) is 6.52. The molecule has 0 radical (unpaired) electrons. The number of hydrogen-bond acceptors (Lipinski definition) is 1. The van der Waals surface area contributed by atoms with E-state index >= 15 is 0 Å². The summed E-state index contributed by atoms with van der Waals surface area (Å²) in [5.74, 6) is 1.07. The van der Waals surface area contributed by atoms with Crippen LogP contribution < -0.4 is 0 Å². The van der Waals surface area contributed by atoms with Gasteiger partial charge in [0, 0.05) is 31.3 Å². The van der Waals surface area contributed by atoms with Gasteiger partial charge in [0.05, 0.1) is 0 Å². The topological polar surface area (TPSA) is 20.3 Å². The average Bonchev–Trinajstić information content (AvgIpc) is 2.01. The zero-order valence-electron chi connectivity index (χ0n) is 9.15. The van der Waals surface area contributed by atoms with Gasteiger partial charge in [-0.25, -0.2) is 0 Å². The molecule has 0 saturated heterocycles. The first kappa shape index (κ1) is 14.1. The van der Waals surface area contributed by atoms with Gasteiger partial charge in [-0.05, 0) is 5.41 Å². The summed E-state index contributed by atoms with van der Waals surface area (Å²) in [6.45, 7) is 7.31. The quantitative estimate of drug-likeness (QED) is 0.676. The largest absolute Gasteiger partial charge is 0.340 e. The van der Waals surface area contributed by atoms with Crippen molar-refractivity contribution in [2.75, 3.05) is 24.8 Å². The standard InChI is InChI=1S/C10H19Cl2NO/c1-10(2,3)8-9(14)13(6-4-11)7-5-12/h4-8H2,1-3H3. The third-order valence-electron chi connectivity index (χ3n) is 1.74. The fourth-order valence-electron chi connectivity index (χ4n) is 1.13. The Morgan fingerprint density at radius 3 is 1.86 bits per heavy atom. The molecular formula is C10H19Cl2NO. The molecule has 14 heavy (non-hydrogen) atoms. The Labute approximate surface area is 96.6 Å². The van der Waals surface area contributed by atoms with E-state index in [0.717, 1.165) is 0 Å². The van der Waals surface area contributed by atoms with Crippen LogP contribution in [0.2, 0.25) is 0 Å². The SMILES string of the molecule is CC(C)(C)CC(=O)N(CCCl)CCCl. The molecule has 0 aromatic carbocycles. The van der Waals surface area contributed by atoms with Crippen molar-refractivity contribution in [1.29, 1.82) is 0 Å². The van der Waals surface area contributed by atoms with Gasteiger partial charge in [0.2, 0.25) is 5.91 Å². The number of carbonyl (C=O) groups excluding carboxylic acids is 1. The number of carbonyl (C=O) groups is 1. The lowest BCUT2D eigenvalue weighted by molar-refractivity contribution is -0.132. The Hall–Kier alpha value is 0.0500. The molecule has 0 aromatic heterocycles. The van der Waals surface area contributed by atoms with Crippen molar-refractivity contribution in [3.8, 4) is 0 Å². The van der Waals surface area contributed by atoms with Crippen molar-refractivity contribution in [3.05, 3.63) is 0 Å². The van der Waals surface area contributed by atoms with Crippen molar-refractivity contribution >= 4 is 29.1 Å². The van der Waals surface area contributed by atoms with E-state index in [-0.39, 0.29) is 11.3 Å². The summed E-state index contributed by atoms with van der Waals surface area (Å²) >= 11 is 11.2. The van der Waals surface area contributed by atoms with Crippen LogP contribution in [0.3, 0.4) is 0 Å². The first-order chi connectivity index (χ1) is 6.40. The summed E-state index contributed by atoms with van der Waals surface area (Å²) in [5.41, 5.74) is 0.0218. The van der Waals surface area contributed by atoms with E-state index in [2.05, 4.69) is 0 Å². The van der Waals surface area contributed by atoms with Crippen molar-refractivity contribution in [3.63, 3.8) is 0 Å². The van der Waals surface area contributed by atoms with E-state index in [4.69, 9.17) is 23.2 Å². The Kier molecular flexibility index (Phi) is 6.54. The highest BCUT2D eigenvalue weighted by atomic mass is 35.5. The summed E-state index contributed by atoms with van der Waals surface area (Å²) < 4.78 is 0. The van der Waals surface area contributed by atoms with Gasteiger partial charge >= 0.3 is 0 Å². The molecule has 0 aromatic rings. The maximum atomic E-state index is 11.7. The lowest BCUT2D eigenvalue weighted by Crippen LogP contribution is -2.36. The predicted octanol–water partition coefficient (Wildman–Crippen LogP) is 2.73. The van der Waals surface area contributed by atoms with Crippen LogP contribution in [0.1, 0.15) is 27.2 Å². The molecule has 0 bridgehead atoms. The molecule has 4 heteroatoms. The number of nitrogens with zero attached hydrogens (tertiary/aromatic N) is 1. The van der Waals surface area contributed by atoms with Crippen LogP contribution in [-0.2, 0) is 4.79 Å². The summed E-state index contributed by atoms with van der Waals surface area (Å²) in [7, 11) is 0. The van der Waals surface area contributed by atoms with Crippen LogP contribution in [-0.4, -0.2) is 35.7 Å². The molecular weight excluding hydrogens is 221 g/mol. The fraction of sp³-hybridized carbons (Fsp3) is 0.900. The number of hydrogen-bond donors (Lipinski definition) is 0. The third-order valence-corrected chi connectivity index (χ3v) is 2.08. The van der Waals surface area contributed by atoms with E-state index in [0.29, 0.717) is 31.3 Å². The summed E-state index contributed by atoms with van der Waals surface area (Å²) in [4.78, 5) is 13.5. The van der Waals surface area contributed by atoms with Crippen molar-refractivity contribution in [2.24, 2.45) is 5.41 Å². The van der Waals surface area contributed by atoms with Crippen LogP contribution >= 0.6 is 23.2 Å². The van der Waals surface area contributed by atoms with Crippen LogP contribution in [0.5, 0.6) is 0 Å². The maximum absolute atomic E-state index is 11.7. The van der Waals surface area contributed by atoms with Crippen LogP contribution in [0.4, 0.5) is 0 Å². The van der Waals surface area contributed by atoms with Crippen LogP contribution in [0, 0.1) is 5.41 Å². The van der Waals surface area contributed by atoms with Crippen LogP contribution in [0.25, 0.3) is 0 Å². The number of alkyl halides is 2. The molecule has 0 saturated carbocycles. The number of amides is 1. The Morgan fingerprint density at radius 1 is 1.14 bits per heavy atom. The number of halogens is 2. The minimum Gasteiger partial charge on any atom is -0.340 e.